The van der Waals surface area contributed by atoms with E-state index in [-0.39, 0.29) is 5.97 Å². The molecule has 0 aromatic carbocycles. The van der Waals surface area contributed by atoms with Gasteiger partial charge in [-0.2, -0.15) is 0 Å². The normalized spacial score (nSPS) is 10.2. The zero-order valence-corrected chi connectivity index (χ0v) is 9.96. The zero-order valence-electron chi connectivity index (χ0n) is 9.20. The summed E-state index contributed by atoms with van der Waals surface area (Å²) in [5.41, 5.74) is 7.11. The fourth-order valence-corrected chi connectivity index (χ4v) is 1.67. The molecule has 0 aliphatic rings. The first-order valence-corrected chi connectivity index (χ1v) is 5.54. The number of hydrogen-bond acceptors (Lipinski definition) is 4. The molecule has 0 aliphatic carbocycles. The minimum Gasteiger partial charge on any atom is -0.466 e. The second-order valence-electron chi connectivity index (χ2n) is 3.23. The molecule has 1 heterocycles. The highest BCUT2D eigenvalue weighted by Crippen LogP contribution is 2.19. The quantitative estimate of drug-likeness (QED) is 0.798. The number of nitrogens with zero attached hydrogens (tertiary/aromatic N) is 1. The van der Waals surface area contributed by atoms with Crippen LogP contribution in [-0.2, 0) is 22.5 Å². The monoisotopic (exact) mass is 242 g/mol. The lowest BCUT2D eigenvalue weighted by Crippen LogP contribution is -2.09. The van der Waals surface area contributed by atoms with Gasteiger partial charge in [0.15, 0.2) is 0 Å². The number of rotatable bonds is 5. The third kappa shape index (κ3) is 3.47. The molecular formula is C11H15ClN2O2. The van der Waals surface area contributed by atoms with Crippen LogP contribution in [0, 0.1) is 0 Å². The van der Waals surface area contributed by atoms with Crippen molar-refractivity contribution >= 4 is 17.6 Å². The van der Waals surface area contributed by atoms with Crippen molar-refractivity contribution in [1.29, 1.82) is 0 Å². The van der Waals surface area contributed by atoms with Crippen molar-refractivity contribution in [1.82, 2.24) is 4.98 Å². The van der Waals surface area contributed by atoms with Crippen LogP contribution in [0.2, 0.25) is 5.02 Å². The maximum atomic E-state index is 11.2. The summed E-state index contributed by atoms with van der Waals surface area (Å²) in [6.45, 7) is 2.49. The molecular weight excluding hydrogens is 228 g/mol. The highest BCUT2D eigenvalue weighted by atomic mass is 35.5. The van der Waals surface area contributed by atoms with Crippen LogP contribution in [-0.4, -0.2) is 17.6 Å². The van der Waals surface area contributed by atoms with Gasteiger partial charge in [0.05, 0.1) is 12.3 Å². The lowest BCUT2D eigenvalue weighted by Gasteiger charge is -2.08. The van der Waals surface area contributed by atoms with Crippen LogP contribution in [0.25, 0.3) is 0 Å². The van der Waals surface area contributed by atoms with Gasteiger partial charge in [0.2, 0.25) is 0 Å². The van der Waals surface area contributed by atoms with Crippen LogP contribution >= 0.6 is 11.6 Å². The van der Waals surface area contributed by atoms with Gasteiger partial charge in [0.25, 0.3) is 0 Å². The Kier molecular flexibility index (Phi) is 5.22. The highest BCUT2D eigenvalue weighted by Gasteiger charge is 2.10. The van der Waals surface area contributed by atoms with E-state index in [4.69, 9.17) is 22.1 Å². The third-order valence-corrected chi connectivity index (χ3v) is 2.52. The maximum Gasteiger partial charge on any atom is 0.306 e. The maximum absolute atomic E-state index is 11.2. The molecule has 16 heavy (non-hydrogen) atoms. The Balaban J connectivity index is 2.69. The molecule has 0 aliphatic heterocycles. The van der Waals surface area contributed by atoms with E-state index < -0.39 is 0 Å². The summed E-state index contributed by atoms with van der Waals surface area (Å²) in [7, 11) is 0. The average molecular weight is 243 g/mol. The van der Waals surface area contributed by atoms with Crippen LogP contribution in [0.3, 0.4) is 0 Å². The second-order valence-corrected chi connectivity index (χ2v) is 3.63. The van der Waals surface area contributed by atoms with Gasteiger partial charge in [-0.3, -0.25) is 9.78 Å². The van der Waals surface area contributed by atoms with E-state index in [0.29, 0.717) is 31.0 Å². The SMILES string of the molecule is CCOC(=O)CCc1c(Cl)ccnc1CN. The number of halogens is 1. The number of ether oxygens (including phenoxy) is 1. The number of pyridine rings is 1. The first-order valence-electron chi connectivity index (χ1n) is 5.17. The number of esters is 1. The van der Waals surface area contributed by atoms with Crippen molar-refractivity contribution in [3.05, 3.63) is 28.5 Å². The lowest BCUT2D eigenvalue weighted by atomic mass is 10.1. The molecule has 0 saturated carbocycles. The molecule has 4 nitrogen and oxygen atoms in total. The summed E-state index contributed by atoms with van der Waals surface area (Å²) in [5.74, 6) is -0.231. The molecule has 0 atom stereocenters. The molecule has 0 unspecified atom stereocenters. The topological polar surface area (TPSA) is 65.2 Å². The Hall–Kier alpha value is -1.13. The first-order chi connectivity index (χ1) is 7.69. The predicted molar refractivity (Wildman–Crippen MR) is 62.1 cm³/mol. The minimum atomic E-state index is -0.231. The average Bonchev–Trinajstić information content (AvgIpc) is 2.27. The zero-order chi connectivity index (χ0) is 12.0. The van der Waals surface area contributed by atoms with Crippen LogP contribution in [0.1, 0.15) is 24.6 Å². The molecule has 1 aromatic heterocycles. The van der Waals surface area contributed by atoms with Crippen molar-refractivity contribution in [2.24, 2.45) is 5.73 Å². The Morgan fingerprint density at radius 1 is 1.62 bits per heavy atom. The molecule has 0 fully saturated rings. The van der Waals surface area contributed by atoms with Gasteiger partial charge in [-0.15, -0.1) is 0 Å². The van der Waals surface area contributed by atoms with Crippen molar-refractivity contribution in [2.75, 3.05) is 6.61 Å². The Labute approximate surface area is 99.8 Å². The molecule has 1 aromatic rings. The van der Waals surface area contributed by atoms with E-state index in [1.165, 1.54) is 0 Å². The number of aromatic nitrogens is 1. The fraction of sp³-hybridized carbons (Fsp3) is 0.455. The summed E-state index contributed by atoms with van der Waals surface area (Å²) < 4.78 is 4.84. The van der Waals surface area contributed by atoms with E-state index in [1.54, 1.807) is 19.2 Å². The third-order valence-electron chi connectivity index (χ3n) is 2.17. The van der Waals surface area contributed by atoms with E-state index in [2.05, 4.69) is 4.98 Å². The number of hydrogen-bond donors (Lipinski definition) is 1. The van der Waals surface area contributed by atoms with Crippen molar-refractivity contribution in [3.63, 3.8) is 0 Å². The molecule has 0 saturated heterocycles. The summed E-state index contributed by atoms with van der Waals surface area (Å²) in [6, 6.07) is 1.70. The number of carbonyl (C=O) groups excluding carboxylic acids is 1. The van der Waals surface area contributed by atoms with Gasteiger partial charge in [-0.1, -0.05) is 11.6 Å². The second kappa shape index (κ2) is 6.45. The summed E-state index contributed by atoms with van der Waals surface area (Å²) >= 11 is 6.02. The molecule has 0 bridgehead atoms. The summed E-state index contributed by atoms with van der Waals surface area (Å²) in [6.07, 6.45) is 2.42. The van der Waals surface area contributed by atoms with E-state index in [0.717, 1.165) is 11.3 Å². The van der Waals surface area contributed by atoms with Crippen LogP contribution < -0.4 is 5.73 Å². The van der Waals surface area contributed by atoms with Crippen molar-refractivity contribution in [2.45, 2.75) is 26.3 Å². The Morgan fingerprint density at radius 2 is 2.38 bits per heavy atom. The molecule has 0 radical (unpaired) electrons. The minimum absolute atomic E-state index is 0.231. The van der Waals surface area contributed by atoms with Gasteiger partial charge < -0.3 is 10.5 Å². The van der Waals surface area contributed by atoms with Crippen molar-refractivity contribution < 1.29 is 9.53 Å². The molecule has 0 amide bonds. The van der Waals surface area contributed by atoms with Gasteiger partial charge >= 0.3 is 5.97 Å². The van der Waals surface area contributed by atoms with Crippen LogP contribution in [0.4, 0.5) is 0 Å². The van der Waals surface area contributed by atoms with Gasteiger partial charge in [-0.25, -0.2) is 0 Å². The highest BCUT2D eigenvalue weighted by molar-refractivity contribution is 6.31. The summed E-state index contributed by atoms with van der Waals surface area (Å²) in [5, 5.41) is 0.597. The smallest absolute Gasteiger partial charge is 0.306 e. The molecule has 0 spiro atoms. The fourth-order valence-electron chi connectivity index (χ4n) is 1.41. The number of carbonyl (C=O) groups is 1. The van der Waals surface area contributed by atoms with Gasteiger partial charge in [0.1, 0.15) is 0 Å². The Bertz CT molecular complexity index is 369. The first kappa shape index (κ1) is 12.9. The molecule has 5 heteroatoms. The van der Waals surface area contributed by atoms with Gasteiger partial charge in [-0.05, 0) is 25.0 Å². The molecule has 88 valence electrons. The standard InChI is InChI=1S/C11H15ClN2O2/c1-2-16-11(15)4-3-8-9(12)5-6-14-10(8)7-13/h5-6H,2-4,7,13H2,1H3. The van der Waals surface area contributed by atoms with E-state index >= 15 is 0 Å². The van der Waals surface area contributed by atoms with Crippen molar-refractivity contribution in [3.8, 4) is 0 Å². The molecule has 1 rings (SSSR count). The Morgan fingerprint density at radius 3 is 3.00 bits per heavy atom. The largest absolute Gasteiger partial charge is 0.466 e. The van der Waals surface area contributed by atoms with Gasteiger partial charge in [0, 0.05) is 24.2 Å². The number of nitrogens with two attached hydrogens (primary N) is 1. The van der Waals surface area contributed by atoms with E-state index in [1.807, 2.05) is 0 Å². The van der Waals surface area contributed by atoms with E-state index in [9.17, 15) is 4.79 Å². The summed E-state index contributed by atoms with van der Waals surface area (Å²) in [4.78, 5) is 15.3. The molecule has 2 N–H and O–H groups in total. The van der Waals surface area contributed by atoms with Crippen LogP contribution in [0.15, 0.2) is 12.3 Å². The predicted octanol–water partition coefficient (Wildman–Crippen LogP) is 1.69. The lowest BCUT2D eigenvalue weighted by molar-refractivity contribution is -0.143. The van der Waals surface area contributed by atoms with Crippen LogP contribution in [0.5, 0.6) is 0 Å².